The fourth-order valence-electron chi connectivity index (χ4n) is 2.82. The molecule has 0 atom stereocenters. The number of benzene rings is 2. The first-order chi connectivity index (χ1) is 10.8. The van der Waals surface area contributed by atoms with Crippen LogP contribution in [0.1, 0.15) is 0 Å². The van der Waals surface area contributed by atoms with Gasteiger partial charge < -0.3 is 4.57 Å². The molecule has 2 aromatic heterocycles. The first-order valence-corrected chi connectivity index (χ1v) is 6.84. The van der Waals surface area contributed by atoms with E-state index in [2.05, 4.69) is 15.6 Å². The van der Waals surface area contributed by atoms with E-state index in [1.54, 1.807) is 18.3 Å². The molecule has 0 aliphatic heterocycles. The lowest BCUT2D eigenvalue weighted by molar-refractivity contribution is -0.384. The molecule has 106 valence electrons. The van der Waals surface area contributed by atoms with Gasteiger partial charge in [0.1, 0.15) is 0 Å². The van der Waals surface area contributed by atoms with Crippen LogP contribution in [0, 0.1) is 10.1 Å². The van der Waals surface area contributed by atoms with Gasteiger partial charge in [0.25, 0.3) is 5.69 Å². The molecule has 0 spiro atoms. The lowest BCUT2D eigenvalue weighted by Gasteiger charge is -2.06. The monoisotopic (exact) mass is 289 g/mol. The van der Waals surface area contributed by atoms with Crippen molar-refractivity contribution in [3.8, 4) is 5.69 Å². The summed E-state index contributed by atoms with van der Waals surface area (Å²) in [6.07, 6.45) is 3.59. The van der Waals surface area contributed by atoms with Crippen molar-refractivity contribution < 1.29 is 4.92 Å². The first-order valence-electron chi connectivity index (χ1n) is 6.84. The second-order valence-corrected chi connectivity index (χ2v) is 5.02. The Bertz CT molecular complexity index is 950. The van der Waals surface area contributed by atoms with Crippen LogP contribution in [0.5, 0.6) is 0 Å². The number of nitro groups is 1. The van der Waals surface area contributed by atoms with Crippen molar-refractivity contribution in [2.24, 2.45) is 0 Å². The summed E-state index contributed by atoms with van der Waals surface area (Å²) >= 11 is 0. The SMILES string of the molecule is O=[N+]([O-])c1ccc(-n2c3ccccc3c3ccncc32)cc1. The number of pyridine rings is 1. The Morgan fingerprint density at radius 2 is 1.64 bits per heavy atom. The maximum absolute atomic E-state index is 10.8. The summed E-state index contributed by atoms with van der Waals surface area (Å²) in [7, 11) is 0. The van der Waals surface area contributed by atoms with Gasteiger partial charge in [0, 0.05) is 34.8 Å². The molecule has 5 heteroatoms. The molecule has 0 aliphatic carbocycles. The number of aromatic nitrogens is 2. The van der Waals surface area contributed by atoms with Gasteiger partial charge >= 0.3 is 0 Å². The molecule has 0 fully saturated rings. The predicted octanol–water partition coefficient (Wildman–Crippen LogP) is 4.09. The normalized spacial score (nSPS) is 11.1. The fourth-order valence-corrected chi connectivity index (χ4v) is 2.82. The summed E-state index contributed by atoms with van der Waals surface area (Å²) in [5.41, 5.74) is 3.00. The number of nitro benzene ring substituents is 1. The van der Waals surface area contributed by atoms with Gasteiger partial charge in [0.15, 0.2) is 0 Å². The third-order valence-electron chi connectivity index (χ3n) is 3.79. The molecule has 5 nitrogen and oxygen atoms in total. The molecule has 22 heavy (non-hydrogen) atoms. The molecule has 0 N–H and O–H groups in total. The zero-order valence-electron chi connectivity index (χ0n) is 11.5. The van der Waals surface area contributed by atoms with E-state index in [1.807, 2.05) is 30.5 Å². The van der Waals surface area contributed by atoms with Crippen LogP contribution in [0.3, 0.4) is 0 Å². The van der Waals surface area contributed by atoms with E-state index in [9.17, 15) is 10.1 Å². The van der Waals surface area contributed by atoms with Crippen LogP contribution in [0.4, 0.5) is 5.69 Å². The van der Waals surface area contributed by atoms with E-state index in [4.69, 9.17) is 0 Å². The Morgan fingerprint density at radius 3 is 2.41 bits per heavy atom. The summed E-state index contributed by atoms with van der Waals surface area (Å²) in [5.74, 6) is 0. The van der Waals surface area contributed by atoms with Crippen LogP contribution in [0.25, 0.3) is 27.5 Å². The van der Waals surface area contributed by atoms with Crippen LogP contribution in [-0.2, 0) is 0 Å². The molecule has 0 aliphatic rings. The van der Waals surface area contributed by atoms with E-state index in [-0.39, 0.29) is 5.69 Å². The Hall–Kier alpha value is -3.21. The molecule has 4 aromatic rings. The highest BCUT2D eigenvalue weighted by molar-refractivity contribution is 6.08. The number of para-hydroxylation sites is 1. The molecule has 0 unspecified atom stereocenters. The zero-order valence-corrected chi connectivity index (χ0v) is 11.5. The van der Waals surface area contributed by atoms with Crippen molar-refractivity contribution in [2.45, 2.75) is 0 Å². The van der Waals surface area contributed by atoms with Gasteiger partial charge in [-0.05, 0) is 24.3 Å². The Kier molecular flexibility index (Phi) is 2.66. The fraction of sp³-hybridized carbons (Fsp3) is 0. The summed E-state index contributed by atoms with van der Waals surface area (Å²) in [4.78, 5) is 14.6. The van der Waals surface area contributed by atoms with Crippen LogP contribution in [0.15, 0.2) is 67.0 Å². The Morgan fingerprint density at radius 1 is 0.909 bits per heavy atom. The minimum Gasteiger partial charge on any atom is -0.308 e. The molecule has 0 radical (unpaired) electrons. The Balaban J connectivity index is 2.06. The van der Waals surface area contributed by atoms with Crippen LogP contribution < -0.4 is 0 Å². The first kappa shape index (κ1) is 12.5. The standard InChI is InChI=1S/C17H11N3O2/c21-20(22)13-7-5-12(6-8-13)19-16-4-2-1-3-14(16)15-9-10-18-11-17(15)19/h1-11H. The minimum absolute atomic E-state index is 0.0858. The number of hydrogen-bond donors (Lipinski definition) is 0. The second kappa shape index (κ2) is 4.66. The van der Waals surface area contributed by atoms with Crippen molar-refractivity contribution in [3.63, 3.8) is 0 Å². The summed E-state index contributed by atoms with van der Waals surface area (Å²) in [5, 5.41) is 13.1. The van der Waals surface area contributed by atoms with Gasteiger partial charge in [-0.1, -0.05) is 18.2 Å². The van der Waals surface area contributed by atoms with Crippen LogP contribution >= 0.6 is 0 Å². The molecular weight excluding hydrogens is 278 g/mol. The van der Waals surface area contributed by atoms with Gasteiger partial charge in [-0.15, -0.1) is 0 Å². The van der Waals surface area contributed by atoms with Gasteiger partial charge in [-0.3, -0.25) is 15.1 Å². The van der Waals surface area contributed by atoms with E-state index in [0.717, 1.165) is 27.5 Å². The molecule has 0 amide bonds. The topological polar surface area (TPSA) is 61.0 Å². The molecule has 0 bridgehead atoms. The van der Waals surface area contributed by atoms with Gasteiger partial charge in [0.05, 0.1) is 22.2 Å². The quantitative estimate of drug-likeness (QED) is 0.412. The van der Waals surface area contributed by atoms with Gasteiger partial charge in [0.2, 0.25) is 0 Å². The Labute approximate surface area is 125 Å². The molecule has 0 saturated heterocycles. The molecule has 0 saturated carbocycles. The maximum Gasteiger partial charge on any atom is 0.269 e. The molecule has 2 heterocycles. The van der Waals surface area contributed by atoms with Gasteiger partial charge in [-0.25, -0.2) is 0 Å². The third-order valence-corrected chi connectivity index (χ3v) is 3.79. The number of fused-ring (bicyclic) bond motifs is 3. The number of rotatable bonds is 2. The minimum atomic E-state index is -0.392. The molecule has 4 rings (SSSR count). The average molecular weight is 289 g/mol. The zero-order chi connectivity index (χ0) is 15.1. The highest BCUT2D eigenvalue weighted by atomic mass is 16.6. The summed E-state index contributed by atoms with van der Waals surface area (Å²) < 4.78 is 2.07. The lowest BCUT2D eigenvalue weighted by atomic mass is 10.2. The van der Waals surface area contributed by atoms with E-state index in [1.165, 1.54) is 12.1 Å². The predicted molar refractivity (Wildman–Crippen MR) is 85.2 cm³/mol. The van der Waals surface area contributed by atoms with Crippen molar-refractivity contribution in [1.29, 1.82) is 0 Å². The van der Waals surface area contributed by atoms with Crippen molar-refractivity contribution in [3.05, 3.63) is 77.1 Å². The molecule has 2 aromatic carbocycles. The highest BCUT2D eigenvalue weighted by Gasteiger charge is 2.12. The smallest absolute Gasteiger partial charge is 0.269 e. The second-order valence-electron chi connectivity index (χ2n) is 5.02. The summed E-state index contributed by atoms with van der Waals surface area (Å²) in [6.45, 7) is 0. The largest absolute Gasteiger partial charge is 0.308 e. The highest BCUT2D eigenvalue weighted by Crippen LogP contribution is 2.31. The lowest BCUT2D eigenvalue weighted by Crippen LogP contribution is -1.95. The van der Waals surface area contributed by atoms with E-state index in [0.29, 0.717) is 0 Å². The number of nitrogens with zero attached hydrogens (tertiary/aromatic N) is 3. The number of non-ortho nitro benzene ring substituents is 1. The molecular formula is C17H11N3O2. The van der Waals surface area contributed by atoms with Gasteiger partial charge in [-0.2, -0.15) is 0 Å². The maximum atomic E-state index is 10.8. The number of hydrogen-bond acceptors (Lipinski definition) is 3. The van der Waals surface area contributed by atoms with E-state index < -0.39 is 4.92 Å². The van der Waals surface area contributed by atoms with Crippen molar-refractivity contribution >= 4 is 27.5 Å². The van der Waals surface area contributed by atoms with Crippen LogP contribution in [0.2, 0.25) is 0 Å². The third kappa shape index (κ3) is 1.76. The van der Waals surface area contributed by atoms with Crippen molar-refractivity contribution in [2.75, 3.05) is 0 Å². The van der Waals surface area contributed by atoms with Crippen LogP contribution in [-0.4, -0.2) is 14.5 Å². The average Bonchev–Trinajstić information content (AvgIpc) is 2.89. The summed E-state index contributed by atoms with van der Waals surface area (Å²) in [6, 6.07) is 16.6. The van der Waals surface area contributed by atoms with E-state index >= 15 is 0 Å². The van der Waals surface area contributed by atoms with Crippen molar-refractivity contribution in [1.82, 2.24) is 9.55 Å².